The molecule has 0 aliphatic carbocycles. The highest BCUT2D eigenvalue weighted by Gasteiger charge is 2.31. The Hall–Kier alpha value is -4.98. The maximum atomic E-state index is 13.4. The Bertz CT molecular complexity index is 1250. The highest BCUT2D eigenvalue weighted by molar-refractivity contribution is 5.94. The van der Waals surface area contributed by atoms with Crippen LogP contribution in [0.2, 0.25) is 0 Å². The minimum atomic E-state index is -1.53. The Morgan fingerprint density at radius 3 is 1.76 bits per heavy atom. The summed E-state index contributed by atoms with van der Waals surface area (Å²) in [5.74, 6) is -6.08. The zero-order chi connectivity index (χ0) is 31.2. The molecular weight excluding hydrogens is 550 g/mol. The maximum absolute atomic E-state index is 13.4. The van der Waals surface area contributed by atoms with Crippen molar-refractivity contribution in [1.29, 1.82) is 0 Å². The molecule has 0 heterocycles. The van der Waals surface area contributed by atoms with Gasteiger partial charge in [0.25, 0.3) is 0 Å². The molecule has 14 heteroatoms. The second-order valence-corrected chi connectivity index (χ2v) is 9.63. The topological polar surface area (TPSA) is 251 Å². The van der Waals surface area contributed by atoms with E-state index in [4.69, 9.17) is 16.6 Å². The first-order valence-corrected chi connectivity index (χ1v) is 13.1. The van der Waals surface area contributed by atoms with Crippen molar-refractivity contribution in [3.8, 4) is 5.75 Å². The van der Waals surface area contributed by atoms with E-state index < -0.39 is 72.6 Å². The second-order valence-electron chi connectivity index (χ2n) is 9.63. The van der Waals surface area contributed by atoms with Crippen LogP contribution in [0.1, 0.15) is 36.8 Å². The number of nitrogens with two attached hydrogens (primary N) is 2. The third-order valence-electron chi connectivity index (χ3n) is 6.22. The van der Waals surface area contributed by atoms with Crippen molar-refractivity contribution in [1.82, 2.24) is 16.0 Å². The van der Waals surface area contributed by atoms with Crippen LogP contribution >= 0.6 is 0 Å². The molecular formula is C28H35N5O9. The van der Waals surface area contributed by atoms with Crippen LogP contribution in [-0.4, -0.2) is 75.1 Å². The van der Waals surface area contributed by atoms with E-state index in [1.807, 2.05) is 0 Å². The zero-order valence-corrected chi connectivity index (χ0v) is 22.7. The van der Waals surface area contributed by atoms with E-state index in [0.29, 0.717) is 5.56 Å². The summed E-state index contributed by atoms with van der Waals surface area (Å²) in [6.45, 7) is 0. The SMILES string of the molecule is NC(=O)CCC(NC(=O)C(CCC(=O)O)NC(=O)C(Cc1ccc(O)cc1)NC(=O)C(N)Cc1ccccc1)C(=O)O. The molecule has 2 rings (SSSR count). The van der Waals surface area contributed by atoms with Gasteiger partial charge in [0.1, 0.15) is 23.9 Å². The smallest absolute Gasteiger partial charge is 0.326 e. The monoisotopic (exact) mass is 585 g/mol. The molecule has 0 spiro atoms. The molecule has 0 radical (unpaired) electrons. The number of phenols is 1. The summed E-state index contributed by atoms with van der Waals surface area (Å²) in [5, 5.41) is 35.3. The average Bonchev–Trinajstić information content (AvgIpc) is 2.93. The van der Waals surface area contributed by atoms with E-state index in [0.717, 1.165) is 5.56 Å². The lowest BCUT2D eigenvalue weighted by Crippen LogP contribution is -2.57. The second kappa shape index (κ2) is 16.3. The number of carboxylic acids is 2. The molecule has 0 aromatic heterocycles. The third-order valence-corrected chi connectivity index (χ3v) is 6.22. The molecule has 14 nitrogen and oxygen atoms in total. The van der Waals surface area contributed by atoms with Crippen molar-refractivity contribution in [3.63, 3.8) is 0 Å². The lowest BCUT2D eigenvalue weighted by atomic mass is 10.0. The Morgan fingerprint density at radius 1 is 0.667 bits per heavy atom. The first kappa shape index (κ1) is 33.2. The van der Waals surface area contributed by atoms with Crippen molar-refractivity contribution in [2.24, 2.45) is 11.5 Å². The van der Waals surface area contributed by atoms with Crippen LogP contribution < -0.4 is 27.4 Å². The molecule has 0 aliphatic heterocycles. The maximum Gasteiger partial charge on any atom is 0.326 e. The molecule has 0 fully saturated rings. The number of carbonyl (C=O) groups is 6. The number of hydrogen-bond donors (Lipinski definition) is 8. The van der Waals surface area contributed by atoms with Crippen LogP contribution in [0.15, 0.2) is 54.6 Å². The molecule has 0 saturated carbocycles. The summed E-state index contributed by atoms with van der Waals surface area (Å²) in [6, 6.07) is 9.41. The molecule has 0 bridgehead atoms. The largest absolute Gasteiger partial charge is 0.508 e. The van der Waals surface area contributed by atoms with Crippen molar-refractivity contribution in [3.05, 3.63) is 65.7 Å². The predicted molar refractivity (Wildman–Crippen MR) is 149 cm³/mol. The normalized spacial score (nSPS) is 13.5. The van der Waals surface area contributed by atoms with E-state index in [1.54, 1.807) is 30.3 Å². The zero-order valence-electron chi connectivity index (χ0n) is 22.7. The van der Waals surface area contributed by atoms with E-state index in [1.165, 1.54) is 24.3 Å². The Balaban J connectivity index is 2.25. The van der Waals surface area contributed by atoms with Crippen LogP contribution in [-0.2, 0) is 41.6 Å². The van der Waals surface area contributed by atoms with Crippen molar-refractivity contribution in [2.45, 2.75) is 62.7 Å². The summed E-state index contributed by atoms with van der Waals surface area (Å²) in [7, 11) is 0. The Kier molecular flexibility index (Phi) is 12.9. The van der Waals surface area contributed by atoms with Gasteiger partial charge in [0.05, 0.1) is 6.04 Å². The molecule has 2 aromatic rings. The fraction of sp³-hybridized carbons (Fsp3) is 0.357. The first-order chi connectivity index (χ1) is 19.8. The number of phenolic OH excluding ortho intramolecular Hbond substituents is 1. The fourth-order valence-electron chi connectivity index (χ4n) is 3.94. The van der Waals surface area contributed by atoms with Gasteiger partial charge in [-0.25, -0.2) is 4.79 Å². The summed E-state index contributed by atoms with van der Waals surface area (Å²) in [6.07, 6.45) is -1.52. The van der Waals surface area contributed by atoms with Crippen molar-refractivity contribution in [2.75, 3.05) is 0 Å². The number of aliphatic carboxylic acids is 2. The van der Waals surface area contributed by atoms with Crippen molar-refractivity contribution >= 4 is 35.6 Å². The minimum Gasteiger partial charge on any atom is -0.508 e. The van der Waals surface area contributed by atoms with Gasteiger partial charge in [-0.3, -0.25) is 24.0 Å². The van der Waals surface area contributed by atoms with Crippen LogP contribution in [0.25, 0.3) is 0 Å². The van der Waals surface area contributed by atoms with E-state index >= 15 is 0 Å². The summed E-state index contributed by atoms with van der Waals surface area (Å²) >= 11 is 0. The van der Waals surface area contributed by atoms with Crippen LogP contribution in [0.3, 0.4) is 0 Å². The van der Waals surface area contributed by atoms with Gasteiger partial charge >= 0.3 is 11.9 Å². The number of aromatic hydroxyl groups is 1. The summed E-state index contributed by atoms with van der Waals surface area (Å²) in [5.41, 5.74) is 12.5. The van der Waals surface area contributed by atoms with Gasteiger partial charge in [-0.2, -0.15) is 0 Å². The number of amides is 4. The predicted octanol–water partition coefficient (Wildman–Crippen LogP) is -0.826. The number of primary amides is 1. The number of nitrogens with one attached hydrogen (secondary N) is 3. The van der Waals surface area contributed by atoms with Gasteiger partial charge in [0.2, 0.25) is 23.6 Å². The molecule has 4 unspecified atom stereocenters. The number of carbonyl (C=O) groups excluding carboxylic acids is 4. The van der Waals surface area contributed by atoms with Gasteiger partial charge in [-0.1, -0.05) is 42.5 Å². The molecule has 4 atom stereocenters. The van der Waals surface area contributed by atoms with Gasteiger partial charge in [0, 0.05) is 19.3 Å². The van der Waals surface area contributed by atoms with Crippen molar-refractivity contribution < 1.29 is 44.1 Å². The standard InChI is InChI=1S/C28H35N5O9/c29-19(14-16-4-2-1-3-5-16)25(38)33-22(15-17-6-8-18(34)9-7-17)27(40)31-20(11-13-24(36)37)26(39)32-21(28(41)42)10-12-23(30)35/h1-9,19-22,34H,10-15,29H2,(H2,30,35)(H,31,40)(H,32,39)(H,33,38)(H,36,37)(H,41,42). The molecule has 10 N–H and O–H groups in total. The molecule has 4 amide bonds. The molecule has 0 saturated heterocycles. The Labute approximate surface area is 241 Å². The van der Waals surface area contributed by atoms with Crippen LogP contribution in [0, 0.1) is 0 Å². The van der Waals surface area contributed by atoms with Gasteiger partial charge in [0.15, 0.2) is 0 Å². The number of carboxylic acid groups (broad SMARTS) is 2. The fourth-order valence-corrected chi connectivity index (χ4v) is 3.94. The van der Waals surface area contributed by atoms with Gasteiger partial charge in [-0.05, 0) is 42.5 Å². The van der Waals surface area contributed by atoms with Gasteiger partial charge < -0.3 is 42.7 Å². The van der Waals surface area contributed by atoms with E-state index in [9.17, 15) is 39.0 Å². The molecule has 226 valence electrons. The molecule has 0 aliphatic rings. The highest BCUT2D eigenvalue weighted by atomic mass is 16.4. The van der Waals surface area contributed by atoms with E-state index in [2.05, 4.69) is 16.0 Å². The molecule has 42 heavy (non-hydrogen) atoms. The highest BCUT2D eigenvalue weighted by Crippen LogP contribution is 2.13. The van der Waals surface area contributed by atoms with Crippen LogP contribution in [0.4, 0.5) is 0 Å². The lowest BCUT2D eigenvalue weighted by molar-refractivity contribution is -0.143. The number of hydrogen-bond acceptors (Lipinski definition) is 8. The van der Waals surface area contributed by atoms with E-state index in [-0.39, 0.29) is 31.4 Å². The van der Waals surface area contributed by atoms with Gasteiger partial charge in [-0.15, -0.1) is 0 Å². The van der Waals surface area contributed by atoms with Crippen LogP contribution in [0.5, 0.6) is 5.75 Å². The third kappa shape index (κ3) is 11.6. The lowest BCUT2D eigenvalue weighted by Gasteiger charge is -2.25. The molecule has 2 aromatic carbocycles. The summed E-state index contributed by atoms with van der Waals surface area (Å²) in [4.78, 5) is 73.2. The minimum absolute atomic E-state index is 0.0246. The number of rotatable bonds is 17. The first-order valence-electron chi connectivity index (χ1n) is 13.1. The quantitative estimate of drug-likeness (QED) is 0.114. The number of benzene rings is 2. The Morgan fingerprint density at radius 2 is 1.19 bits per heavy atom. The average molecular weight is 586 g/mol. The summed E-state index contributed by atoms with van der Waals surface area (Å²) < 4.78 is 0.